The van der Waals surface area contributed by atoms with Crippen molar-refractivity contribution in [3.05, 3.63) is 102 Å². The molecule has 0 aliphatic carbocycles. The summed E-state index contributed by atoms with van der Waals surface area (Å²) in [6, 6.07) is 32.5. The largest absolute Gasteiger partial charge is 0.309 e. The van der Waals surface area contributed by atoms with Crippen molar-refractivity contribution in [3.63, 3.8) is 0 Å². The topological polar surface area (TPSA) is 13.7 Å². The smallest absolute Gasteiger partial charge is 0.259 e. The lowest BCUT2D eigenvalue weighted by Crippen LogP contribution is -2.31. The standard InChI is InChI=1S/C28H24N3/c1-19-11-7-9-15-23(19)30-20(2)29(3)28-26(30)18-17-25-27(28)22-14-8-10-16-24(22)31(25)21-12-5-4-6-13-21/h4-18H,1-3H3/q+1. The minimum atomic E-state index is 1.19. The van der Waals surface area contributed by atoms with Gasteiger partial charge in [-0.1, -0.05) is 54.6 Å². The van der Waals surface area contributed by atoms with Crippen LogP contribution in [0.5, 0.6) is 0 Å². The van der Waals surface area contributed by atoms with Crippen molar-refractivity contribution in [2.45, 2.75) is 13.8 Å². The van der Waals surface area contributed by atoms with Gasteiger partial charge in [0.2, 0.25) is 0 Å². The quantitative estimate of drug-likeness (QED) is 0.308. The van der Waals surface area contributed by atoms with Crippen LogP contribution in [0.15, 0.2) is 91.0 Å². The van der Waals surface area contributed by atoms with Gasteiger partial charge in [0.15, 0.2) is 11.0 Å². The number of nitrogens with zero attached hydrogens (tertiary/aromatic N) is 3. The number of para-hydroxylation sites is 3. The summed E-state index contributed by atoms with van der Waals surface area (Å²) in [7, 11) is 2.18. The molecule has 6 aromatic rings. The van der Waals surface area contributed by atoms with Crippen molar-refractivity contribution < 1.29 is 4.57 Å². The molecule has 0 radical (unpaired) electrons. The number of hydrogen-bond acceptors (Lipinski definition) is 0. The van der Waals surface area contributed by atoms with E-state index in [1.807, 2.05) is 0 Å². The van der Waals surface area contributed by atoms with Gasteiger partial charge in [-0.25, -0.2) is 4.57 Å². The maximum atomic E-state index is 2.39. The van der Waals surface area contributed by atoms with Crippen molar-refractivity contribution >= 4 is 32.8 Å². The summed E-state index contributed by atoms with van der Waals surface area (Å²) in [6.45, 7) is 4.38. The van der Waals surface area contributed by atoms with Gasteiger partial charge in [-0.2, -0.15) is 4.57 Å². The van der Waals surface area contributed by atoms with Crippen LogP contribution >= 0.6 is 0 Å². The first-order valence-electron chi connectivity index (χ1n) is 10.7. The van der Waals surface area contributed by atoms with Crippen LogP contribution in [0.4, 0.5) is 0 Å². The van der Waals surface area contributed by atoms with E-state index >= 15 is 0 Å². The summed E-state index contributed by atoms with van der Waals surface area (Å²) in [4.78, 5) is 0. The van der Waals surface area contributed by atoms with E-state index in [2.05, 4.69) is 126 Å². The Bertz CT molecular complexity index is 1600. The van der Waals surface area contributed by atoms with Crippen molar-refractivity contribution in [2.75, 3.05) is 0 Å². The molecule has 0 unspecified atom stereocenters. The molecule has 0 spiro atoms. The average molecular weight is 403 g/mol. The SMILES string of the molecule is Cc1ccccc1-n1c(C)[n+](C)c2c3c4ccccc4n(-c4ccccc4)c3ccc21. The van der Waals surface area contributed by atoms with Crippen LogP contribution in [0, 0.1) is 13.8 Å². The summed E-state index contributed by atoms with van der Waals surface area (Å²) in [6.07, 6.45) is 0. The summed E-state index contributed by atoms with van der Waals surface area (Å²) >= 11 is 0. The fourth-order valence-electron chi connectivity index (χ4n) is 5.01. The third kappa shape index (κ3) is 2.43. The van der Waals surface area contributed by atoms with Gasteiger partial charge in [0.05, 0.1) is 23.5 Å². The number of aryl methyl sites for hydroxylation is 2. The first kappa shape index (κ1) is 18.0. The molecule has 0 aliphatic rings. The lowest BCUT2D eigenvalue weighted by Gasteiger charge is -2.07. The second-order valence-corrected chi connectivity index (χ2v) is 8.24. The summed E-state index contributed by atoms with van der Waals surface area (Å²) < 4.78 is 7.11. The lowest BCUT2D eigenvalue weighted by atomic mass is 10.1. The molecule has 2 aromatic heterocycles. The van der Waals surface area contributed by atoms with Gasteiger partial charge in [-0.15, -0.1) is 0 Å². The number of hydrogen-bond donors (Lipinski definition) is 0. The highest BCUT2D eigenvalue weighted by Crippen LogP contribution is 2.36. The third-order valence-electron chi connectivity index (χ3n) is 6.55. The maximum Gasteiger partial charge on any atom is 0.259 e. The van der Waals surface area contributed by atoms with Crippen LogP contribution in [-0.2, 0) is 7.05 Å². The van der Waals surface area contributed by atoms with Gasteiger partial charge < -0.3 is 4.57 Å². The highest BCUT2D eigenvalue weighted by molar-refractivity contribution is 6.18. The van der Waals surface area contributed by atoms with Gasteiger partial charge in [0.1, 0.15) is 5.69 Å². The molecule has 31 heavy (non-hydrogen) atoms. The van der Waals surface area contributed by atoms with Gasteiger partial charge in [-0.3, -0.25) is 0 Å². The second-order valence-electron chi connectivity index (χ2n) is 8.24. The number of fused-ring (bicyclic) bond motifs is 5. The first-order valence-corrected chi connectivity index (χ1v) is 10.7. The van der Waals surface area contributed by atoms with Crippen LogP contribution in [0.3, 0.4) is 0 Å². The van der Waals surface area contributed by atoms with E-state index in [9.17, 15) is 0 Å². The van der Waals surface area contributed by atoms with E-state index in [4.69, 9.17) is 0 Å². The molecule has 0 N–H and O–H groups in total. The van der Waals surface area contributed by atoms with Crippen LogP contribution < -0.4 is 4.57 Å². The van der Waals surface area contributed by atoms with Crippen LogP contribution in [0.1, 0.15) is 11.4 Å². The van der Waals surface area contributed by atoms with E-state index in [0.717, 1.165) is 0 Å². The van der Waals surface area contributed by atoms with Crippen molar-refractivity contribution in [1.82, 2.24) is 9.13 Å². The fourth-order valence-corrected chi connectivity index (χ4v) is 5.01. The third-order valence-corrected chi connectivity index (χ3v) is 6.55. The molecular formula is C28H24N3+. The van der Waals surface area contributed by atoms with Crippen LogP contribution in [-0.4, -0.2) is 9.13 Å². The van der Waals surface area contributed by atoms with Crippen molar-refractivity contribution in [1.29, 1.82) is 0 Å². The predicted octanol–water partition coefficient (Wildman–Crippen LogP) is 6.17. The number of rotatable bonds is 2. The molecule has 0 saturated carbocycles. The van der Waals surface area contributed by atoms with E-state index < -0.39 is 0 Å². The molecule has 0 bridgehead atoms. The highest BCUT2D eigenvalue weighted by Gasteiger charge is 2.26. The molecule has 3 heteroatoms. The summed E-state index contributed by atoms with van der Waals surface area (Å²) in [5.41, 5.74) is 8.66. The summed E-state index contributed by atoms with van der Waals surface area (Å²) in [5.74, 6) is 1.22. The lowest BCUT2D eigenvalue weighted by molar-refractivity contribution is -0.651. The molecule has 6 rings (SSSR count). The molecule has 0 amide bonds. The number of imidazole rings is 1. The number of aromatic nitrogens is 3. The molecule has 150 valence electrons. The molecule has 2 heterocycles. The Morgan fingerprint density at radius 1 is 0.613 bits per heavy atom. The molecule has 0 aliphatic heterocycles. The summed E-state index contributed by atoms with van der Waals surface area (Å²) in [5, 5.41) is 2.58. The van der Waals surface area contributed by atoms with Crippen LogP contribution in [0.25, 0.3) is 44.2 Å². The molecule has 0 fully saturated rings. The van der Waals surface area contributed by atoms with Gasteiger partial charge in [-0.05, 0) is 48.9 Å². The molecule has 0 saturated heterocycles. The Morgan fingerprint density at radius 2 is 1.29 bits per heavy atom. The minimum absolute atomic E-state index is 1.19. The van der Waals surface area contributed by atoms with E-state index in [-0.39, 0.29) is 0 Å². The Hall–Kier alpha value is -3.85. The average Bonchev–Trinajstić information content (AvgIpc) is 3.27. The second kappa shape index (κ2) is 6.58. The molecular weight excluding hydrogens is 378 g/mol. The Labute approximate surface area is 181 Å². The van der Waals surface area contributed by atoms with Gasteiger partial charge in [0, 0.05) is 18.0 Å². The first-order chi connectivity index (χ1) is 15.2. The highest BCUT2D eigenvalue weighted by atomic mass is 15.2. The Morgan fingerprint density at radius 3 is 2.10 bits per heavy atom. The van der Waals surface area contributed by atoms with Crippen molar-refractivity contribution in [2.24, 2.45) is 7.05 Å². The predicted molar refractivity (Wildman–Crippen MR) is 128 cm³/mol. The maximum absolute atomic E-state index is 2.39. The van der Waals surface area contributed by atoms with Crippen molar-refractivity contribution in [3.8, 4) is 11.4 Å². The van der Waals surface area contributed by atoms with Gasteiger partial charge in [0.25, 0.3) is 5.82 Å². The number of benzene rings is 4. The fraction of sp³-hybridized carbons (Fsp3) is 0.107. The van der Waals surface area contributed by atoms with Crippen LogP contribution in [0.2, 0.25) is 0 Å². The molecule has 4 aromatic carbocycles. The monoisotopic (exact) mass is 402 g/mol. The van der Waals surface area contributed by atoms with E-state index in [1.165, 1.54) is 55.6 Å². The normalized spacial score (nSPS) is 11.7. The molecule has 3 nitrogen and oxygen atoms in total. The van der Waals surface area contributed by atoms with Gasteiger partial charge >= 0.3 is 0 Å². The zero-order valence-corrected chi connectivity index (χ0v) is 18.0. The Kier molecular flexibility index (Phi) is 3.81. The zero-order valence-electron chi connectivity index (χ0n) is 18.0. The van der Waals surface area contributed by atoms with E-state index in [1.54, 1.807) is 0 Å². The Balaban J connectivity index is 1.82. The molecule has 0 atom stereocenters. The van der Waals surface area contributed by atoms with E-state index in [0.29, 0.717) is 0 Å². The zero-order chi connectivity index (χ0) is 21.1. The minimum Gasteiger partial charge on any atom is -0.309 e.